The SMILES string of the molecule is N#CC1=CC(N2CCCC2=O)NC=C1. The van der Waals surface area contributed by atoms with Gasteiger partial charge in [-0.05, 0) is 24.8 Å². The monoisotopic (exact) mass is 189 g/mol. The van der Waals surface area contributed by atoms with E-state index in [4.69, 9.17) is 5.26 Å². The molecule has 1 unspecified atom stereocenters. The van der Waals surface area contributed by atoms with Crippen molar-refractivity contribution in [2.75, 3.05) is 6.54 Å². The molecule has 4 nitrogen and oxygen atoms in total. The third kappa shape index (κ3) is 1.49. The van der Waals surface area contributed by atoms with E-state index in [1.807, 2.05) is 0 Å². The Bertz CT molecular complexity index is 351. The van der Waals surface area contributed by atoms with E-state index in [2.05, 4.69) is 11.4 Å². The number of likely N-dealkylation sites (tertiary alicyclic amines) is 1. The summed E-state index contributed by atoms with van der Waals surface area (Å²) < 4.78 is 0. The van der Waals surface area contributed by atoms with E-state index in [-0.39, 0.29) is 12.1 Å². The van der Waals surface area contributed by atoms with Gasteiger partial charge in [0.15, 0.2) is 0 Å². The number of nitrogens with one attached hydrogen (secondary N) is 1. The van der Waals surface area contributed by atoms with Gasteiger partial charge in [0.2, 0.25) is 5.91 Å². The molecule has 72 valence electrons. The van der Waals surface area contributed by atoms with Gasteiger partial charge in [-0.1, -0.05) is 0 Å². The maximum atomic E-state index is 11.4. The van der Waals surface area contributed by atoms with Crippen molar-refractivity contribution in [1.29, 1.82) is 5.26 Å². The molecule has 2 heterocycles. The Balaban J connectivity index is 2.13. The zero-order valence-corrected chi connectivity index (χ0v) is 7.73. The highest BCUT2D eigenvalue weighted by Crippen LogP contribution is 2.16. The normalized spacial score (nSPS) is 25.6. The third-order valence-corrected chi connectivity index (χ3v) is 2.44. The lowest BCUT2D eigenvalue weighted by atomic mass is 10.2. The van der Waals surface area contributed by atoms with Crippen LogP contribution in [-0.2, 0) is 4.79 Å². The molecule has 0 aliphatic carbocycles. The average Bonchev–Trinajstić information content (AvgIpc) is 2.65. The number of amides is 1. The van der Waals surface area contributed by atoms with Crippen LogP contribution in [0.4, 0.5) is 0 Å². The minimum atomic E-state index is -0.135. The standard InChI is InChI=1S/C10H11N3O/c11-7-8-3-4-12-9(6-8)13-5-1-2-10(13)14/h3-4,6,9,12H,1-2,5H2. The summed E-state index contributed by atoms with van der Waals surface area (Å²) in [6.45, 7) is 0.777. The van der Waals surface area contributed by atoms with E-state index in [0.29, 0.717) is 12.0 Å². The van der Waals surface area contributed by atoms with Crippen LogP contribution in [0.2, 0.25) is 0 Å². The first-order valence-electron chi connectivity index (χ1n) is 4.65. The van der Waals surface area contributed by atoms with E-state index >= 15 is 0 Å². The van der Waals surface area contributed by atoms with Crippen molar-refractivity contribution in [1.82, 2.24) is 10.2 Å². The Morgan fingerprint density at radius 1 is 1.64 bits per heavy atom. The molecule has 0 saturated carbocycles. The molecule has 1 amide bonds. The van der Waals surface area contributed by atoms with Crippen molar-refractivity contribution in [2.24, 2.45) is 0 Å². The minimum absolute atomic E-state index is 0.135. The van der Waals surface area contributed by atoms with Crippen molar-refractivity contribution in [2.45, 2.75) is 19.0 Å². The predicted octanol–water partition coefficient (Wildman–Crippen LogP) is 0.502. The first-order valence-corrected chi connectivity index (χ1v) is 4.65. The van der Waals surface area contributed by atoms with Gasteiger partial charge in [0.1, 0.15) is 6.17 Å². The summed E-state index contributed by atoms with van der Waals surface area (Å²) in [5.74, 6) is 0.159. The summed E-state index contributed by atoms with van der Waals surface area (Å²) in [6, 6.07) is 2.07. The lowest BCUT2D eigenvalue weighted by Crippen LogP contribution is -2.44. The van der Waals surface area contributed by atoms with Crippen LogP contribution in [0, 0.1) is 11.3 Å². The summed E-state index contributed by atoms with van der Waals surface area (Å²) in [7, 11) is 0. The van der Waals surface area contributed by atoms with Gasteiger partial charge in [0.25, 0.3) is 0 Å². The van der Waals surface area contributed by atoms with Crippen LogP contribution in [-0.4, -0.2) is 23.5 Å². The van der Waals surface area contributed by atoms with Crippen molar-refractivity contribution in [3.8, 4) is 6.07 Å². The molecule has 1 atom stereocenters. The third-order valence-electron chi connectivity index (χ3n) is 2.44. The van der Waals surface area contributed by atoms with Gasteiger partial charge in [-0.3, -0.25) is 4.79 Å². The summed E-state index contributed by atoms with van der Waals surface area (Å²) in [5, 5.41) is 11.8. The molecule has 0 radical (unpaired) electrons. The summed E-state index contributed by atoms with van der Waals surface area (Å²) in [4.78, 5) is 13.2. The van der Waals surface area contributed by atoms with Crippen LogP contribution in [0.15, 0.2) is 23.9 Å². The Kier molecular flexibility index (Phi) is 2.23. The number of carbonyl (C=O) groups excluding carboxylic acids is 1. The van der Waals surface area contributed by atoms with E-state index < -0.39 is 0 Å². The topological polar surface area (TPSA) is 56.1 Å². The number of hydrogen-bond acceptors (Lipinski definition) is 3. The Morgan fingerprint density at radius 2 is 2.50 bits per heavy atom. The molecule has 2 aliphatic rings. The maximum Gasteiger partial charge on any atom is 0.224 e. The van der Waals surface area contributed by atoms with Crippen molar-refractivity contribution in [3.63, 3.8) is 0 Å². The number of carbonyl (C=O) groups is 1. The second-order valence-electron chi connectivity index (χ2n) is 3.37. The van der Waals surface area contributed by atoms with Crippen LogP contribution < -0.4 is 5.32 Å². The van der Waals surface area contributed by atoms with Crippen LogP contribution in [0.5, 0.6) is 0 Å². The smallest absolute Gasteiger partial charge is 0.224 e. The molecule has 1 fully saturated rings. The molecule has 0 aromatic heterocycles. The van der Waals surface area contributed by atoms with Crippen LogP contribution in [0.3, 0.4) is 0 Å². The van der Waals surface area contributed by atoms with Crippen molar-refractivity contribution < 1.29 is 4.79 Å². The largest absolute Gasteiger partial charge is 0.368 e. The number of nitrogens with zero attached hydrogens (tertiary/aromatic N) is 2. The lowest BCUT2D eigenvalue weighted by molar-refractivity contribution is -0.129. The Morgan fingerprint density at radius 3 is 3.14 bits per heavy atom. The van der Waals surface area contributed by atoms with Gasteiger partial charge in [-0.2, -0.15) is 5.26 Å². The number of hydrogen-bond donors (Lipinski definition) is 1. The maximum absolute atomic E-state index is 11.4. The molecule has 4 heteroatoms. The van der Waals surface area contributed by atoms with Crippen molar-refractivity contribution >= 4 is 5.91 Å². The summed E-state index contributed by atoms with van der Waals surface area (Å²) >= 11 is 0. The van der Waals surface area contributed by atoms with Gasteiger partial charge in [0.05, 0.1) is 11.6 Å². The second kappa shape index (κ2) is 3.54. The molecular formula is C10H11N3O. The fourth-order valence-corrected chi connectivity index (χ4v) is 1.73. The fourth-order valence-electron chi connectivity index (χ4n) is 1.73. The van der Waals surface area contributed by atoms with E-state index in [0.717, 1.165) is 13.0 Å². The van der Waals surface area contributed by atoms with E-state index in [1.165, 1.54) is 0 Å². The van der Waals surface area contributed by atoms with Gasteiger partial charge in [0, 0.05) is 13.0 Å². The number of nitriles is 1. The quantitative estimate of drug-likeness (QED) is 0.653. The number of rotatable bonds is 1. The molecule has 2 aliphatic heterocycles. The highest BCUT2D eigenvalue weighted by molar-refractivity contribution is 5.78. The van der Waals surface area contributed by atoms with Gasteiger partial charge in [-0.15, -0.1) is 0 Å². The Hall–Kier alpha value is -1.76. The summed E-state index contributed by atoms with van der Waals surface area (Å²) in [6.07, 6.45) is 6.60. The minimum Gasteiger partial charge on any atom is -0.368 e. The molecule has 1 N–H and O–H groups in total. The number of allylic oxidation sites excluding steroid dienone is 2. The molecule has 0 spiro atoms. The average molecular weight is 189 g/mol. The molecule has 14 heavy (non-hydrogen) atoms. The van der Waals surface area contributed by atoms with Crippen LogP contribution in [0.25, 0.3) is 0 Å². The first-order chi connectivity index (χ1) is 6.81. The van der Waals surface area contributed by atoms with Crippen LogP contribution in [0.1, 0.15) is 12.8 Å². The molecular weight excluding hydrogens is 178 g/mol. The lowest BCUT2D eigenvalue weighted by Gasteiger charge is -2.27. The molecule has 0 bridgehead atoms. The zero-order valence-electron chi connectivity index (χ0n) is 7.73. The predicted molar refractivity (Wildman–Crippen MR) is 50.7 cm³/mol. The fraction of sp³-hybridized carbons (Fsp3) is 0.400. The molecule has 0 aromatic carbocycles. The van der Waals surface area contributed by atoms with Gasteiger partial charge in [-0.25, -0.2) is 0 Å². The zero-order chi connectivity index (χ0) is 9.97. The second-order valence-corrected chi connectivity index (χ2v) is 3.37. The van der Waals surface area contributed by atoms with E-state index in [9.17, 15) is 4.79 Å². The highest BCUT2D eigenvalue weighted by atomic mass is 16.2. The van der Waals surface area contributed by atoms with Gasteiger partial charge < -0.3 is 10.2 Å². The Labute approximate surface area is 82.5 Å². The molecule has 1 saturated heterocycles. The van der Waals surface area contributed by atoms with Crippen molar-refractivity contribution in [3.05, 3.63) is 23.9 Å². The summed E-state index contributed by atoms with van der Waals surface area (Å²) in [5.41, 5.74) is 0.605. The van der Waals surface area contributed by atoms with Gasteiger partial charge >= 0.3 is 0 Å². The molecule has 0 aromatic rings. The van der Waals surface area contributed by atoms with E-state index in [1.54, 1.807) is 23.3 Å². The highest BCUT2D eigenvalue weighted by Gasteiger charge is 2.26. The molecule has 2 rings (SSSR count). The van der Waals surface area contributed by atoms with Crippen LogP contribution >= 0.6 is 0 Å². The number of dihydropyridines is 1. The first kappa shape index (κ1) is 8.82.